The Hall–Kier alpha value is -3.00. The van der Waals surface area contributed by atoms with E-state index in [9.17, 15) is 17.6 Å². The second-order valence-electron chi connectivity index (χ2n) is 6.98. The fraction of sp³-hybridized carbons (Fsp3) is 0.238. The van der Waals surface area contributed by atoms with E-state index >= 15 is 0 Å². The number of aromatic nitrogens is 2. The van der Waals surface area contributed by atoms with Gasteiger partial charge in [0.25, 0.3) is 5.91 Å². The van der Waals surface area contributed by atoms with Gasteiger partial charge in [0, 0.05) is 25.0 Å². The summed E-state index contributed by atoms with van der Waals surface area (Å²) in [4.78, 5) is 17.3. The summed E-state index contributed by atoms with van der Waals surface area (Å²) in [6.07, 6.45) is 3.33. The Morgan fingerprint density at radius 1 is 1.14 bits per heavy atom. The summed E-state index contributed by atoms with van der Waals surface area (Å²) in [6, 6.07) is 11.0. The number of amides is 1. The third kappa shape index (κ3) is 4.37. The molecule has 2 aromatic carbocycles. The van der Waals surface area contributed by atoms with Crippen molar-refractivity contribution in [2.45, 2.75) is 30.0 Å². The lowest BCUT2D eigenvalue weighted by Gasteiger charge is -2.19. The van der Waals surface area contributed by atoms with Crippen LogP contribution in [-0.4, -0.2) is 29.1 Å². The number of hydrogen-bond donors (Lipinski definition) is 1. The summed E-state index contributed by atoms with van der Waals surface area (Å²) in [7, 11) is -1.63. The maximum atomic E-state index is 13.8. The van der Waals surface area contributed by atoms with Crippen LogP contribution in [0.4, 0.5) is 4.39 Å². The normalized spacial score (nSPS) is 12.7. The summed E-state index contributed by atoms with van der Waals surface area (Å²) in [6.45, 7) is 3.21. The van der Waals surface area contributed by atoms with Crippen LogP contribution in [0.1, 0.15) is 41.6 Å². The molecule has 0 aliphatic carbocycles. The third-order valence-electron chi connectivity index (χ3n) is 4.64. The maximum absolute atomic E-state index is 13.8. The fourth-order valence-electron chi connectivity index (χ4n) is 2.92. The van der Waals surface area contributed by atoms with Crippen molar-refractivity contribution in [2.24, 2.45) is 7.05 Å². The lowest BCUT2D eigenvalue weighted by molar-refractivity contribution is 0.0941. The highest BCUT2D eigenvalue weighted by atomic mass is 32.2. The Morgan fingerprint density at radius 2 is 1.83 bits per heavy atom. The van der Waals surface area contributed by atoms with Gasteiger partial charge in [-0.15, -0.1) is 0 Å². The van der Waals surface area contributed by atoms with E-state index in [-0.39, 0.29) is 4.90 Å². The third-order valence-corrected chi connectivity index (χ3v) is 6.81. The van der Waals surface area contributed by atoms with Crippen LogP contribution in [0.5, 0.6) is 0 Å². The Balaban J connectivity index is 1.90. The predicted octanol–water partition coefficient (Wildman–Crippen LogP) is 3.26. The van der Waals surface area contributed by atoms with E-state index in [0.29, 0.717) is 17.0 Å². The van der Waals surface area contributed by atoms with Gasteiger partial charge in [0.1, 0.15) is 17.7 Å². The molecule has 0 saturated carbocycles. The second kappa shape index (κ2) is 8.16. The quantitative estimate of drug-likeness (QED) is 0.670. The zero-order valence-corrected chi connectivity index (χ0v) is 17.2. The van der Waals surface area contributed by atoms with E-state index in [1.54, 1.807) is 50.0 Å². The van der Waals surface area contributed by atoms with Gasteiger partial charge in [-0.05, 0) is 55.8 Å². The number of carbonyl (C=O) groups excluding carboxylic acids is 1. The van der Waals surface area contributed by atoms with Crippen molar-refractivity contribution in [1.29, 1.82) is 0 Å². The molecule has 0 radical (unpaired) electrons. The first kappa shape index (κ1) is 20.7. The fourth-order valence-corrected chi connectivity index (χ4v) is 3.98. The summed E-state index contributed by atoms with van der Waals surface area (Å²) in [5.41, 5.74) is 0.843. The topological polar surface area (TPSA) is 81.1 Å². The number of nitrogens with zero attached hydrogens (tertiary/aromatic N) is 2. The van der Waals surface area contributed by atoms with E-state index in [2.05, 4.69) is 10.3 Å². The van der Waals surface area contributed by atoms with Crippen molar-refractivity contribution >= 4 is 15.7 Å². The van der Waals surface area contributed by atoms with Gasteiger partial charge in [0.15, 0.2) is 9.84 Å². The van der Waals surface area contributed by atoms with Gasteiger partial charge in [-0.3, -0.25) is 4.79 Å². The summed E-state index contributed by atoms with van der Waals surface area (Å²) >= 11 is 0. The molecule has 0 saturated heterocycles. The number of nitrogens with one attached hydrogen (secondary N) is 1. The van der Waals surface area contributed by atoms with Gasteiger partial charge in [0.2, 0.25) is 0 Å². The molecule has 1 unspecified atom stereocenters. The van der Waals surface area contributed by atoms with E-state index in [1.165, 1.54) is 36.4 Å². The number of aryl methyl sites for hydroxylation is 1. The molecule has 3 rings (SSSR count). The van der Waals surface area contributed by atoms with Crippen molar-refractivity contribution in [2.75, 3.05) is 0 Å². The number of benzene rings is 2. The number of hydrogen-bond acceptors (Lipinski definition) is 4. The van der Waals surface area contributed by atoms with Crippen molar-refractivity contribution in [3.05, 3.63) is 83.7 Å². The van der Waals surface area contributed by atoms with Crippen LogP contribution < -0.4 is 5.32 Å². The molecule has 1 heterocycles. The molecule has 6 nitrogen and oxygen atoms in total. The molecular weight excluding hydrogens is 393 g/mol. The van der Waals surface area contributed by atoms with E-state index in [1.807, 2.05) is 0 Å². The Kier molecular flexibility index (Phi) is 5.83. The Morgan fingerprint density at radius 3 is 2.38 bits per heavy atom. The highest BCUT2D eigenvalue weighted by molar-refractivity contribution is 7.92. The van der Waals surface area contributed by atoms with E-state index in [0.717, 1.165) is 0 Å². The van der Waals surface area contributed by atoms with Crippen LogP contribution in [0, 0.1) is 5.82 Å². The SMILES string of the molecule is CC(C)S(=O)(=O)c1ccc(C(=O)NC(c2cccc(F)c2)c2nccn2C)cc1. The maximum Gasteiger partial charge on any atom is 0.252 e. The monoisotopic (exact) mass is 415 g/mol. The smallest absolute Gasteiger partial charge is 0.252 e. The number of imidazole rings is 1. The van der Waals surface area contributed by atoms with E-state index < -0.39 is 32.9 Å². The molecule has 3 aromatic rings. The van der Waals surface area contributed by atoms with Crippen LogP contribution >= 0.6 is 0 Å². The molecule has 0 aliphatic heterocycles. The van der Waals surface area contributed by atoms with Gasteiger partial charge in [-0.2, -0.15) is 0 Å². The van der Waals surface area contributed by atoms with Gasteiger partial charge in [0.05, 0.1) is 10.1 Å². The van der Waals surface area contributed by atoms with Crippen LogP contribution in [0.25, 0.3) is 0 Å². The van der Waals surface area contributed by atoms with Gasteiger partial charge in [-0.1, -0.05) is 12.1 Å². The molecule has 0 aliphatic rings. The first-order valence-electron chi connectivity index (χ1n) is 9.07. The molecule has 1 atom stereocenters. The van der Waals surface area contributed by atoms with Crippen molar-refractivity contribution in [3.8, 4) is 0 Å². The van der Waals surface area contributed by atoms with Crippen molar-refractivity contribution in [3.63, 3.8) is 0 Å². The summed E-state index contributed by atoms with van der Waals surface area (Å²) in [5, 5.41) is 2.31. The zero-order chi connectivity index (χ0) is 21.2. The predicted molar refractivity (Wildman–Crippen MR) is 108 cm³/mol. The first-order valence-corrected chi connectivity index (χ1v) is 10.6. The molecule has 152 valence electrons. The minimum atomic E-state index is -3.42. The molecule has 0 fully saturated rings. The Bertz CT molecular complexity index is 1120. The molecule has 29 heavy (non-hydrogen) atoms. The molecule has 1 amide bonds. The number of carbonyl (C=O) groups is 1. The van der Waals surface area contributed by atoms with Crippen molar-refractivity contribution < 1.29 is 17.6 Å². The average molecular weight is 415 g/mol. The molecule has 1 N–H and O–H groups in total. The van der Waals surface area contributed by atoms with E-state index in [4.69, 9.17) is 0 Å². The number of halogens is 1. The summed E-state index contributed by atoms with van der Waals surface area (Å²) in [5.74, 6) is -0.294. The summed E-state index contributed by atoms with van der Waals surface area (Å²) < 4.78 is 40.0. The lowest BCUT2D eigenvalue weighted by atomic mass is 10.0. The minimum absolute atomic E-state index is 0.162. The largest absolute Gasteiger partial charge is 0.338 e. The average Bonchev–Trinajstić information content (AvgIpc) is 3.11. The molecule has 0 spiro atoms. The van der Waals surface area contributed by atoms with Gasteiger partial charge in [-0.25, -0.2) is 17.8 Å². The lowest BCUT2D eigenvalue weighted by Crippen LogP contribution is -2.31. The van der Waals surface area contributed by atoms with Crippen LogP contribution in [0.3, 0.4) is 0 Å². The zero-order valence-electron chi connectivity index (χ0n) is 16.3. The number of sulfone groups is 1. The van der Waals surface area contributed by atoms with Crippen LogP contribution in [0.15, 0.2) is 65.8 Å². The van der Waals surface area contributed by atoms with Crippen molar-refractivity contribution in [1.82, 2.24) is 14.9 Å². The molecular formula is C21H22FN3O3S. The number of rotatable bonds is 6. The molecule has 1 aromatic heterocycles. The Labute approximate surface area is 169 Å². The van der Waals surface area contributed by atoms with Crippen LogP contribution in [-0.2, 0) is 16.9 Å². The second-order valence-corrected chi connectivity index (χ2v) is 9.48. The first-order chi connectivity index (χ1) is 13.7. The standard InChI is InChI=1S/C21H22FN3O3S/c1-14(2)29(27,28)18-9-7-15(8-10-18)21(26)24-19(20-23-11-12-25(20)3)16-5-4-6-17(22)13-16/h4-14,19H,1-3H3,(H,24,26). The molecule has 0 bridgehead atoms. The minimum Gasteiger partial charge on any atom is -0.338 e. The highest BCUT2D eigenvalue weighted by Crippen LogP contribution is 2.22. The van der Waals surface area contributed by atoms with Gasteiger partial charge >= 0.3 is 0 Å². The van der Waals surface area contributed by atoms with Crippen LogP contribution in [0.2, 0.25) is 0 Å². The molecule has 8 heteroatoms. The van der Waals surface area contributed by atoms with Gasteiger partial charge < -0.3 is 9.88 Å². The highest BCUT2D eigenvalue weighted by Gasteiger charge is 2.23.